The highest BCUT2D eigenvalue weighted by atomic mass is 32.2. The van der Waals surface area contributed by atoms with Crippen molar-refractivity contribution in [2.45, 2.75) is 32.2 Å². The number of nitrogens with one attached hydrogen (secondary N) is 1. The van der Waals surface area contributed by atoms with E-state index in [0.29, 0.717) is 17.8 Å². The van der Waals surface area contributed by atoms with Crippen molar-refractivity contribution in [3.05, 3.63) is 69.1 Å². The molecule has 7 heteroatoms. The topological polar surface area (TPSA) is 79.6 Å². The first kappa shape index (κ1) is 20.1. The summed E-state index contributed by atoms with van der Waals surface area (Å²) in [5, 5.41) is 4.14. The largest absolute Gasteiger partial charge is 0.422 e. The van der Waals surface area contributed by atoms with Gasteiger partial charge >= 0.3 is 5.63 Å². The molecule has 0 aliphatic carbocycles. The average molecular weight is 401 g/mol. The van der Waals surface area contributed by atoms with Gasteiger partial charge < -0.3 is 9.73 Å². The molecule has 0 saturated heterocycles. The molecule has 0 spiro atoms. The summed E-state index contributed by atoms with van der Waals surface area (Å²) in [6, 6.07) is 10.4. The molecule has 28 heavy (non-hydrogen) atoms. The predicted molar refractivity (Wildman–Crippen MR) is 111 cm³/mol. The lowest BCUT2D eigenvalue weighted by atomic mass is 10.0. The first-order valence-corrected chi connectivity index (χ1v) is 10.4. The highest BCUT2D eigenvalue weighted by Crippen LogP contribution is 2.26. The third-order valence-corrected chi connectivity index (χ3v) is 6.79. The quantitative estimate of drug-likeness (QED) is 0.662. The van der Waals surface area contributed by atoms with Crippen molar-refractivity contribution in [2.24, 2.45) is 0 Å². The number of nitrogens with zero attached hydrogens (tertiary/aromatic N) is 1. The SMILES string of the molecule is Cc1ccc(S(=O)(=O)N(C)C)cc1NCc1cc(=O)oc2c(C)c(C)ccc12. The Bertz CT molecular complexity index is 1210. The van der Waals surface area contributed by atoms with Gasteiger partial charge in [0.15, 0.2) is 0 Å². The van der Waals surface area contributed by atoms with Crippen molar-refractivity contribution in [3.63, 3.8) is 0 Å². The van der Waals surface area contributed by atoms with Crippen LogP contribution in [0, 0.1) is 20.8 Å². The van der Waals surface area contributed by atoms with Crippen molar-refractivity contribution in [1.82, 2.24) is 4.31 Å². The molecule has 0 fully saturated rings. The van der Waals surface area contributed by atoms with E-state index in [-0.39, 0.29) is 4.90 Å². The Morgan fingerprint density at radius 3 is 2.36 bits per heavy atom. The molecule has 6 nitrogen and oxygen atoms in total. The van der Waals surface area contributed by atoms with Crippen LogP contribution in [0.1, 0.15) is 22.3 Å². The summed E-state index contributed by atoms with van der Waals surface area (Å²) in [4.78, 5) is 12.2. The summed E-state index contributed by atoms with van der Waals surface area (Å²) in [6.45, 7) is 6.17. The molecule has 148 valence electrons. The van der Waals surface area contributed by atoms with Crippen LogP contribution in [-0.2, 0) is 16.6 Å². The zero-order valence-corrected chi connectivity index (χ0v) is 17.5. The zero-order valence-electron chi connectivity index (χ0n) is 16.7. The standard InChI is InChI=1S/C21H24N2O4S/c1-13-7-9-18-16(10-20(24)27-21(18)15(13)3)12-22-19-11-17(8-6-14(19)2)28(25,26)23(4)5/h6-11,22H,12H2,1-5H3. The third-order valence-electron chi connectivity index (χ3n) is 4.97. The molecule has 3 aromatic rings. The fraction of sp³-hybridized carbons (Fsp3) is 0.286. The molecule has 0 bridgehead atoms. The molecule has 0 aliphatic heterocycles. The Hall–Kier alpha value is -2.64. The molecule has 0 atom stereocenters. The highest BCUT2D eigenvalue weighted by molar-refractivity contribution is 7.89. The summed E-state index contributed by atoms with van der Waals surface area (Å²) in [7, 11) is -0.519. The van der Waals surface area contributed by atoms with Crippen LogP contribution >= 0.6 is 0 Å². The predicted octanol–water partition coefficient (Wildman–Crippen LogP) is 3.58. The van der Waals surface area contributed by atoms with Crippen LogP contribution < -0.4 is 10.9 Å². The molecule has 0 amide bonds. The van der Waals surface area contributed by atoms with Crippen molar-refractivity contribution >= 4 is 26.7 Å². The van der Waals surface area contributed by atoms with Crippen LogP contribution in [0.2, 0.25) is 0 Å². The number of anilines is 1. The van der Waals surface area contributed by atoms with Gasteiger partial charge in [0.25, 0.3) is 0 Å². The fourth-order valence-corrected chi connectivity index (χ4v) is 3.95. The number of sulfonamides is 1. The Kier molecular flexibility index (Phi) is 5.32. The second-order valence-corrected chi connectivity index (χ2v) is 9.24. The molecular weight excluding hydrogens is 376 g/mol. The van der Waals surface area contributed by atoms with Crippen LogP contribution in [0.15, 0.2) is 50.5 Å². The minimum absolute atomic E-state index is 0.217. The minimum atomic E-state index is -3.52. The van der Waals surface area contributed by atoms with Crippen LogP contribution in [0.25, 0.3) is 11.0 Å². The van der Waals surface area contributed by atoms with Gasteiger partial charge in [-0.05, 0) is 55.2 Å². The molecule has 1 N–H and O–H groups in total. The lowest BCUT2D eigenvalue weighted by Crippen LogP contribution is -2.22. The monoisotopic (exact) mass is 400 g/mol. The van der Waals surface area contributed by atoms with Gasteiger partial charge in [-0.2, -0.15) is 0 Å². The van der Waals surface area contributed by atoms with E-state index in [4.69, 9.17) is 4.42 Å². The van der Waals surface area contributed by atoms with E-state index in [0.717, 1.165) is 27.6 Å². The summed E-state index contributed by atoms with van der Waals surface area (Å²) < 4.78 is 31.4. The second-order valence-electron chi connectivity index (χ2n) is 7.09. The molecule has 3 rings (SSSR count). The van der Waals surface area contributed by atoms with E-state index < -0.39 is 15.6 Å². The molecule has 2 aromatic carbocycles. The molecule has 0 radical (unpaired) electrons. The van der Waals surface area contributed by atoms with Gasteiger partial charge in [-0.15, -0.1) is 0 Å². The van der Waals surface area contributed by atoms with E-state index in [9.17, 15) is 13.2 Å². The van der Waals surface area contributed by atoms with Crippen molar-refractivity contribution in [3.8, 4) is 0 Å². The Balaban J connectivity index is 1.99. The van der Waals surface area contributed by atoms with Gasteiger partial charge in [-0.1, -0.05) is 18.2 Å². The van der Waals surface area contributed by atoms with E-state index in [1.807, 2.05) is 32.9 Å². The maximum atomic E-state index is 12.4. The summed E-state index contributed by atoms with van der Waals surface area (Å²) in [5.74, 6) is 0. The van der Waals surface area contributed by atoms with Gasteiger partial charge in [-0.3, -0.25) is 0 Å². The van der Waals surface area contributed by atoms with Crippen molar-refractivity contribution < 1.29 is 12.8 Å². The third kappa shape index (κ3) is 3.68. The molecular formula is C21H24N2O4S. The summed E-state index contributed by atoms with van der Waals surface area (Å²) in [6.07, 6.45) is 0. The maximum Gasteiger partial charge on any atom is 0.336 e. The molecule has 0 saturated carbocycles. The molecule has 0 unspecified atom stereocenters. The summed E-state index contributed by atoms with van der Waals surface area (Å²) >= 11 is 0. The number of aryl methyl sites for hydroxylation is 3. The number of hydrogen-bond donors (Lipinski definition) is 1. The Morgan fingerprint density at radius 2 is 1.68 bits per heavy atom. The number of benzene rings is 2. The average Bonchev–Trinajstić information content (AvgIpc) is 2.63. The van der Waals surface area contributed by atoms with Crippen LogP contribution in [-0.4, -0.2) is 26.8 Å². The van der Waals surface area contributed by atoms with Crippen LogP contribution in [0.5, 0.6) is 0 Å². The van der Waals surface area contributed by atoms with E-state index in [1.165, 1.54) is 24.5 Å². The smallest absolute Gasteiger partial charge is 0.336 e. The van der Waals surface area contributed by atoms with Crippen molar-refractivity contribution in [1.29, 1.82) is 0 Å². The number of fused-ring (bicyclic) bond motifs is 1. The Morgan fingerprint density at radius 1 is 1.00 bits per heavy atom. The number of hydrogen-bond acceptors (Lipinski definition) is 5. The Labute approximate surface area is 164 Å². The fourth-order valence-electron chi connectivity index (χ4n) is 3.02. The van der Waals surface area contributed by atoms with Crippen LogP contribution in [0.3, 0.4) is 0 Å². The number of rotatable bonds is 5. The molecule has 0 aliphatic rings. The van der Waals surface area contributed by atoms with Crippen molar-refractivity contribution in [2.75, 3.05) is 19.4 Å². The van der Waals surface area contributed by atoms with E-state index >= 15 is 0 Å². The summed E-state index contributed by atoms with van der Waals surface area (Å²) in [5.41, 5.74) is 4.59. The van der Waals surface area contributed by atoms with Crippen LogP contribution in [0.4, 0.5) is 5.69 Å². The minimum Gasteiger partial charge on any atom is -0.422 e. The highest BCUT2D eigenvalue weighted by Gasteiger charge is 2.18. The van der Waals surface area contributed by atoms with Gasteiger partial charge in [0.05, 0.1) is 4.90 Å². The van der Waals surface area contributed by atoms with E-state index in [2.05, 4.69) is 5.32 Å². The molecule has 1 aromatic heterocycles. The lowest BCUT2D eigenvalue weighted by Gasteiger charge is -2.15. The van der Waals surface area contributed by atoms with Gasteiger partial charge in [-0.25, -0.2) is 17.5 Å². The first-order valence-electron chi connectivity index (χ1n) is 8.91. The normalized spacial score (nSPS) is 11.9. The molecule has 1 heterocycles. The zero-order chi connectivity index (χ0) is 20.6. The van der Waals surface area contributed by atoms with Gasteiger partial charge in [0.1, 0.15) is 5.58 Å². The first-order chi connectivity index (χ1) is 13.1. The maximum absolute atomic E-state index is 12.4. The van der Waals surface area contributed by atoms with E-state index in [1.54, 1.807) is 18.2 Å². The van der Waals surface area contributed by atoms with Gasteiger partial charge in [0, 0.05) is 37.8 Å². The lowest BCUT2D eigenvalue weighted by molar-refractivity contribution is 0.521. The second kappa shape index (κ2) is 7.41. The van der Waals surface area contributed by atoms with Gasteiger partial charge in [0.2, 0.25) is 10.0 Å².